The number of benzene rings is 4. The third-order valence-electron chi connectivity index (χ3n) is 5.00. The predicted octanol–water partition coefficient (Wildman–Crippen LogP) is 6.91. The summed E-state index contributed by atoms with van der Waals surface area (Å²) in [7, 11) is -7.88. The van der Waals surface area contributed by atoms with Gasteiger partial charge in [0.2, 0.25) is 0 Å². The largest absolute Gasteiger partial charge is 0.524 e. The molecule has 0 aliphatic carbocycles. The van der Waals surface area contributed by atoms with Crippen LogP contribution < -0.4 is 4.74 Å². The lowest BCUT2D eigenvalue weighted by atomic mass is 10.1. The van der Waals surface area contributed by atoms with E-state index in [4.69, 9.17) is 8.37 Å². The van der Waals surface area contributed by atoms with Crippen LogP contribution in [0.3, 0.4) is 0 Å². The molecule has 0 atom stereocenters. The fraction of sp³-hybridized carbons (Fsp3) is 0.0833. The number of alkyl halides is 3. The highest BCUT2D eigenvalue weighted by Crippen LogP contribution is 2.72. The molecule has 0 fully saturated rings. The zero-order valence-electron chi connectivity index (χ0n) is 17.3. The fourth-order valence-electron chi connectivity index (χ4n) is 3.57. The monoisotopic (exact) mass is 492 g/mol. The van der Waals surface area contributed by atoms with Crippen molar-refractivity contribution in [3.63, 3.8) is 0 Å². The molecule has 172 valence electrons. The second kappa shape index (κ2) is 8.74. The van der Waals surface area contributed by atoms with Crippen LogP contribution in [0.25, 0.3) is 10.8 Å². The van der Waals surface area contributed by atoms with E-state index in [0.717, 1.165) is 0 Å². The second-order valence-corrected chi connectivity index (χ2v) is 11.4. The zero-order chi connectivity index (χ0) is 23.7. The minimum atomic E-state index is -5.98. The summed E-state index contributed by atoms with van der Waals surface area (Å²) in [5, 5.41) is 1.14. The number of ether oxygens (including phenoxy) is 1. The van der Waals surface area contributed by atoms with Crippen molar-refractivity contribution in [1.29, 1.82) is 0 Å². The van der Waals surface area contributed by atoms with E-state index in [1.54, 1.807) is 97.1 Å². The SMILES string of the molecule is COc1ccc(S(OS(=O)(=O)C(F)(F)F)(c2ccccc2)c2ccccc2)c2ccccc12. The molecule has 4 aromatic carbocycles. The third-order valence-corrected chi connectivity index (χ3v) is 9.95. The van der Waals surface area contributed by atoms with Crippen LogP contribution in [0.4, 0.5) is 13.2 Å². The van der Waals surface area contributed by atoms with Crippen LogP contribution in [0.15, 0.2) is 112 Å². The zero-order valence-corrected chi connectivity index (χ0v) is 19.0. The predicted molar refractivity (Wildman–Crippen MR) is 122 cm³/mol. The van der Waals surface area contributed by atoms with Gasteiger partial charge in [-0.1, -0.05) is 60.7 Å². The van der Waals surface area contributed by atoms with Crippen LogP contribution >= 0.6 is 10.3 Å². The van der Waals surface area contributed by atoms with Gasteiger partial charge in [0.1, 0.15) is 5.75 Å². The van der Waals surface area contributed by atoms with Crippen molar-refractivity contribution in [2.24, 2.45) is 0 Å². The van der Waals surface area contributed by atoms with Gasteiger partial charge >= 0.3 is 15.6 Å². The summed E-state index contributed by atoms with van der Waals surface area (Å²) >= 11 is 0. The molecule has 0 amide bonds. The molecule has 0 saturated heterocycles. The summed E-state index contributed by atoms with van der Waals surface area (Å²) in [6.07, 6.45) is 0. The van der Waals surface area contributed by atoms with E-state index < -0.39 is 25.9 Å². The summed E-state index contributed by atoms with van der Waals surface area (Å²) in [6.45, 7) is 0. The van der Waals surface area contributed by atoms with Crippen LogP contribution in [0.1, 0.15) is 0 Å². The molecular formula is C24H19F3O4S2. The van der Waals surface area contributed by atoms with Gasteiger partial charge in [-0.3, -0.25) is 0 Å². The van der Waals surface area contributed by atoms with Gasteiger partial charge in [-0.2, -0.15) is 25.2 Å². The maximum atomic E-state index is 13.6. The van der Waals surface area contributed by atoms with Crippen molar-refractivity contribution in [3.05, 3.63) is 97.1 Å². The van der Waals surface area contributed by atoms with E-state index >= 15 is 0 Å². The van der Waals surface area contributed by atoms with E-state index in [1.807, 2.05) is 0 Å². The Morgan fingerprint density at radius 2 is 1.15 bits per heavy atom. The van der Waals surface area contributed by atoms with E-state index in [9.17, 15) is 21.6 Å². The summed E-state index contributed by atoms with van der Waals surface area (Å²) < 4.78 is 76.6. The Hall–Kier alpha value is -3.01. The van der Waals surface area contributed by atoms with Crippen LogP contribution in [-0.4, -0.2) is 21.0 Å². The molecule has 0 unspecified atom stereocenters. The first kappa shape index (κ1) is 23.2. The van der Waals surface area contributed by atoms with Gasteiger partial charge < -0.3 is 4.74 Å². The van der Waals surface area contributed by atoms with E-state index in [2.05, 4.69) is 0 Å². The van der Waals surface area contributed by atoms with Crippen molar-refractivity contribution in [3.8, 4) is 5.75 Å². The number of hydrogen-bond acceptors (Lipinski definition) is 4. The molecule has 9 heteroatoms. The molecule has 0 bridgehead atoms. The number of rotatable bonds is 6. The highest BCUT2D eigenvalue weighted by atomic mass is 32.3. The summed E-state index contributed by atoms with van der Waals surface area (Å²) in [5.74, 6) is 0.502. The number of hydrogen-bond donors (Lipinski definition) is 0. The maximum Gasteiger partial charge on any atom is 0.524 e. The molecule has 0 saturated carbocycles. The molecular weight excluding hydrogens is 473 g/mol. The van der Waals surface area contributed by atoms with Crippen molar-refractivity contribution in [2.75, 3.05) is 7.11 Å². The lowest BCUT2D eigenvalue weighted by Crippen LogP contribution is -2.27. The summed E-state index contributed by atoms with van der Waals surface area (Å²) in [4.78, 5) is 0.919. The molecule has 0 N–H and O–H groups in total. The Morgan fingerprint density at radius 3 is 1.64 bits per heavy atom. The molecule has 0 radical (unpaired) electrons. The first-order valence-corrected chi connectivity index (χ1v) is 12.7. The van der Waals surface area contributed by atoms with E-state index in [-0.39, 0.29) is 0 Å². The van der Waals surface area contributed by atoms with Crippen molar-refractivity contribution in [1.82, 2.24) is 0 Å². The minimum Gasteiger partial charge on any atom is -0.496 e. The Kier molecular flexibility index (Phi) is 6.13. The molecule has 0 heterocycles. The highest BCUT2D eigenvalue weighted by molar-refractivity contribution is 8.33. The van der Waals surface area contributed by atoms with E-state index in [0.29, 0.717) is 31.2 Å². The lowest BCUT2D eigenvalue weighted by molar-refractivity contribution is -0.0496. The first-order valence-electron chi connectivity index (χ1n) is 9.72. The van der Waals surface area contributed by atoms with Crippen LogP contribution in [0.2, 0.25) is 0 Å². The van der Waals surface area contributed by atoms with Gasteiger partial charge in [0.25, 0.3) is 0 Å². The number of fused-ring (bicyclic) bond motifs is 1. The topological polar surface area (TPSA) is 52.6 Å². The van der Waals surface area contributed by atoms with Crippen LogP contribution in [0.5, 0.6) is 5.75 Å². The third kappa shape index (κ3) is 4.07. The summed E-state index contributed by atoms with van der Waals surface area (Å²) in [5.41, 5.74) is -5.60. The summed E-state index contributed by atoms with van der Waals surface area (Å²) in [6, 6.07) is 26.4. The average Bonchev–Trinajstić information content (AvgIpc) is 2.82. The Balaban J connectivity index is 2.18. The smallest absolute Gasteiger partial charge is 0.496 e. The first-order chi connectivity index (χ1) is 15.7. The lowest BCUT2D eigenvalue weighted by Gasteiger charge is -2.40. The molecule has 0 aromatic heterocycles. The highest BCUT2D eigenvalue weighted by Gasteiger charge is 2.52. The van der Waals surface area contributed by atoms with E-state index in [1.165, 1.54) is 7.11 Å². The molecule has 0 aliphatic rings. The molecule has 33 heavy (non-hydrogen) atoms. The van der Waals surface area contributed by atoms with Gasteiger partial charge in [-0.15, -0.1) is 0 Å². The van der Waals surface area contributed by atoms with Crippen LogP contribution in [-0.2, 0) is 13.7 Å². The van der Waals surface area contributed by atoms with Crippen molar-refractivity contribution in [2.45, 2.75) is 20.2 Å². The average molecular weight is 493 g/mol. The fourth-order valence-corrected chi connectivity index (χ4v) is 8.49. The number of methoxy groups -OCH3 is 1. The second-order valence-electron chi connectivity index (χ2n) is 6.96. The van der Waals surface area contributed by atoms with Gasteiger partial charge in [0.15, 0.2) is 0 Å². The van der Waals surface area contributed by atoms with Crippen molar-refractivity contribution < 1.29 is 30.0 Å². The van der Waals surface area contributed by atoms with Crippen LogP contribution in [0, 0.1) is 0 Å². The molecule has 0 aliphatic heterocycles. The Bertz CT molecular complexity index is 1330. The molecule has 4 nitrogen and oxygen atoms in total. The molecule has 4 aromatic rings. The molecule has 0 spiro atoms. The Labute approximate surface area is 191 Å². The van der Waals surface area contributed by atoms with Gasteiger partial charge in [-0.25, -0.2) is 0 Å². The normalized spacial score (nSPS) is 13.1. The van der Waals surface area contributed by atoms with Gasteiger partial charge in [-0.05, 0) is 46.7 Å². The van der Waals surface area contributed by atoms with Crippen molar-refractivity contribution >= 4 is 31.2 Å². The standard InChI is InChI=1S/C24H19F3O4S2/c1-30-22-16-17-23(21-15-9-8-14-20(21)22)32(18-10-4-2-5-11-18,19-12-6-3-7-13-19)31-33(28,29)24(25,26)27/h2-17H,1H3. The number of halogens is 3. The Morgan fingerprint density at radius 1 is 0.667 bits per heavy atom. The van der Waals surface area contributed by atoms with Gasteiger partial charge in [0.05, 0.1) is 7.11 Å². The molecule has 4 rings (SSSR count). The maximum absolute atomic E-state index is 13.6. The van der Waals surface area contributed by atoms with Gasteiger partial charge in [0, 0.05) is 25.5 Å². The minimum absolute atomic E-state index is 0.305. The quantitative estimate of drug-likeness (QED) is 0.275.